The van der Waals surface area contributed by atoms with E-state index in [1.54, 1.807) is 0 Å². The lowest BCUT2D eigenvalue weighted by Crippen LogP contribution is -2.34. The lowest BCUT2D eigenvalue weighted by atomic mass is 9.93. The number of H-pyrrole nitrogens is 1. The molecule has 1 aromatic heterocycles. The first kappa shape index (κ1) is 34.6. The minimum atomic E-state index is 0.641. The maximum Gasteiger partial charge on any atom is 0.262 e. The molecule has 40 heavy (non-hydrogen) atoms. The highest BCUT2D eigenvalue weighted by molar-refractivity contribution is 5.22. The molecule has 0 saturated heterocycles. The number of nitrogens with zero attached hydrogens (tertiary/aromatic N) is 1. The summed E-state index contributed by atoms with van der Waals surface area (Å²) in [5.41, 5.74) is 1.28. The summed E-state index contributed by atoms with van der Waals surface area (Å²) < 4.78 is 2.40. The van der Waals surface area contributed by atoms with Crippen LogP contribution in [0.3, 0.4) is 0 Å². The van der Waals surface area contributed by atoms with E-state index in [2.05, 4.69) is 66.1 Å². The van der Waals surface area contributed by atoms with Crippen LogP contribution in [0.25, 0.3) is 5.69 Å². The molecule has 1 aromatic carbocycles. The molecule has 0 saturated carbocycles. The Bertz CT molecular complexity index is 780. The summed E-state index contributed by atoms with van der Waals surface area (Å²) in [5, 5.41) is 0. The van der Waals surface area contributed by atoms with Crippen LogP contribution in [0.4, 0.5) is 0 Å². The number of nitrogens with one attached hydrogen (secondary N) is 1. The second-order valence-electron chi connectivity index (χ2n) is 12.6. The zero-order chi connectivity index (χ0) is 28.4. The molecule has 0 fully saturated rings. The molecule has 1 atom stereocenters. The van der Waals surface area contributed by atoms with Gasteiger partial charge < -0.3 is 0 Å². The second kappa shape index (κ2) is 25.2. The number of unbranched alkanes of at least 4 members (excludes halogenated alkanes) is 22. The summed E-state index contributed by atoms with van der Waals surface area (Å²) in [6.45, 7) is 4.61. The van der Waals surface area contributed by atoms with Crippen LogP contribution in [-0.2, 0) is 0 Å². The Morgan fingerprint density at radius 3 is 1.27 bits per heavy atom. The molecule has 2 heteroatoms. The Hall–Kier alpha value is -1.57. The van der Waals surface area contributed by atoms with Gasteiger partial charge >= 0.3 is 0 Å². The smallest absolute Gasteiger partial charge is 0.247 e. The Labute approximate surface area is 250 Å². The van der Waals surface area contributed by atoms with Crippen molar-refractivity contribution in [3.63, 3.8) is 0 Å². The molecule has 1 heterocycles. The van der Waals surface area contributed by atoms with E-state index in [4.69, 9.17) is 0 Å². The van der Waals surface area contributed by atoms with Crippen molar-refractivity contribution in [1.29, 1.82) is 0 Å². The molecule has 0 unspecified atom stereocenters. The van der Waals surface area contributed by atoms with Crippen LogP contribution in [0, 0.1) is 0 Å². The SMILES string of the molecule is CCCCCCCCCCCCCCCCCCC[C@H](CCCCCCCCC)c1[nH]cc[n+]1-c1ccccc1. The highest BCUT2D eigenvalue weighted by atomic mass is 15.1. The number of aromatic nitrogens is 2. The van der Waals surface area contributed by atoms with Gasteiger partial charge in [0.05, 0.1) is 5.92 Å². The highest BCUT2D eigenvalue weighted by Gasteiger charge is 2.23. The maximum absolute atomic E-state index is 3.64. The molecule has 0 amide bonds. The van der Waals surface area contributed by atoms with Gasteiger partial charge in [-0.15, -0.1) is 0 Å². The van der Waals surface area contributed by atoms with E-state index < -0.39 is 0 Å². The van der Waals surface area contributed by atoms with Gasteiger partial charge in [-0.25, -0.2) is 4.98 Å². The molecule has 0 aliphatic rings. The van der Waals surface area contributed by atoms with Crippen LogP contribution >= 0.6 is 0 Å². The van der Waals surface area contributed by atoms with Crippen molar-refractivity contribution in [1.82, 2.24) is 4.98 Å². The van der Waals surface area contributed by atoms with Crippen molar-refractivity contribution in [3.8, 4) is 5.69 Å². The molecule has 2 nitrogen and oxygen atoms in total. The number of aromatic amines is 1. The van der Waals surface area contributed by atoms with Crippen LogP contribution in [0.1, 0.15) is 193 Å². The van der Waals surface area contributed by atoms with Gasteiger partial charge in [0.1, 0.15) is 18.1 Å². The second-order valence-corrected chi connectivity index (χ2v) is 12.6. The minimum absolute atomic E-state index is 0.641. The molecular formula is C38H67N2+. The topological polar surface area (TPSA) is 19.7 Å². The van der Waals surface area contributed by atoms with Crippen LogP contribution < -0.4 is 4.57 Å². The van der Waals surface area contributed by atoms with Crippen molar-refractivity contribution in [2.75, 3.05) is 0 Å². The third-order valence-electron chi connectivity index (χ3n) is 8.95. The quantitative estimate of drug-likeness (QED) is 0.0801. The molecule has 2 aromatic rings. The molecule has 0 spiro atoms. The number of imidazole rings is 1. The van der Waals surface area contributed by atoms with Crippen LogP contribution in [0.5, 0.6) is 0 Å². The number of hydrogen-bond donors (Lipinski definition) is 1. The zero-order valence-corrected chi connectivity index (χ0v) is 27.0. The number of benzene rings is 1. The average molecular weight is 552 g/mol. The molecule has 1 N–H and O–H groups in total. The van der Waals surface area contributed by atoms with Gasteiger partial charge in [0.2, 0.25) is 0 Å². The van der Waals surface area contributed by atoms with Crippen LogP contribution in [0.15, 0.2) is 42.7 Å². The monoisotopic (exact) mass is 552 g/mol. The van der Waals surface area contributed by atoms with Crippen LogP contribution in [0.2, 0.25) is 0 Å². The predicted octanol–water partition coefficient (Wildman–Crippen LogP) is 12.6. The van der Waals surface area contributed by atoms with E-state index in [-0.39, 0.29) is 0 Å². The van der Waals surface area contributed by atoms with Gasteiger partial charge in [-0.1, -0.05) is 186 Å². The van der Waals surface area contributed by atoms with E-state index in [1.165, 1.54) is 178 Å². The van der Waals surface area contributed by atoms with Gasteiger partial charge in [0.15, 0.2) is 0 Å². The summed E-state index contributed by atoms with van der Waals surface area (Å²) in [7, 11) is 0. The molecule has 2 rings (SSSR count). The van der Waals surface area contributed by atoms with E-state index in [0.717, 1.165) is 0 Å². The summed E-state index contributed by atoms with van der Waals surface area (Å²) in [6, 6.07) is 10.9. The van der Waals surface area contributed by atoms with Gasteiger partial charge in [-0.3, -0.25) is 0 Å². The third kappa shape index (κ3) is 16.6. The normalized spacial score (nSPS) is 12.2. The summed E-state index contributed by atoms with van der Waals surface area (Å²) >= 11 is 0. The Kier molecular flexibility index (Phi) is 21.8. The van der Waals surface area contributed by atoms with Crippen LogP contribution in [-0.4, -0.2) is 4.98 Å². The van der Waals surface area contributed by atoms with Crippen molar-refractivity contribution in [2.45, 2.75) is 187 Å². The minimum Gasteiger partial charge on any atom is -0.247 e. The zero-order valence-electron chi connectivity index (χ0n) is 27.0. The molecule has 0 bridgehead atoms. The molecule has 0 radical (unpaired) electrons. The van der Waals surface area contributed by atoms with Crippen molar-refractivity contribution in [3.05, 3.63) is 48.5 Å². The first-order valence-electron chi connectivity index (χ1n) is 18.0. The largest absolute Gasteiger partial charge is 0.262 e. The van der Waals surface area contributed by atoms with E-state index >= 15 is 0 Å². The molecular weight excluding hydrogens is 484 g/mol. The summed E-state index contributed by atoms with van der Waals surface area (Å²) in [6.07, 6.45) is 41.3. The lowest BCUT2D eigenvalue weighted by molar-refractivity contribution is -0.604. The highest BCUT2D eigenvalue weighted by Crippen LogP contribution is 2.27. The molecule has 0 aliphatic heterocycles. The van der Waals surface area contributed by atoms with Gasteiger partial charge in [-0.05, 0) is 25.0 Å². The van der Waals surface area contributed by atoms with Gasteiger partial charge in [-0.2, -0.15) is 4.57 Å². The molecule has 0 aliphatic carbocycles. The fourth-order valence-electron chi connectivity index (χ4n) is 6.36. The predicted molar refractivity (Wildman–Crippen MR) is 176 cm³/mol. The first-order chi connectivity index (χ1) is 19.9. The molecule has 228 valence electrons. The van der Waals surface area contributed by atoms with Crippen molar-refractivity contribution < 1.29 is 4.57 Å². The summed E-state index contributed by atoms with van der Waals surface area (Å²) in [5.74, 6) is 2.05. The first-order valence-corrected chi connectivity index (χ1v) is 18.0. The van der Waals surface area contributed by atoms with E-state index in [0.29, 0.717) is 5.92 Å². The summed E-state index contributed by atoms with van der Waals surface area (Å²) in [4.78, 5) is 3.64. The fraction of sp³-hybridized carbons (Fsp3) is 0.763. The van der Waals surface area contributed by atoms with E-state index in [1.807, 2.05) is 0 Å². The van der Waals surface area contributed by atoms with Gasteiger partial charge in [0.25, 0.3) is 5.82 Å². The number of para-hydroxylation sites is 1. The lowest BCUT2D eigenvalue weighted by Gasteiger charge is -2.14. The fourth-order valence-corrected chi connectivity index (χ4v) is 6.36. The Balaban J connectivity index is 1.58. The van der Waals surface area contributed by atoms with Gasteiger partial charge in [0, 0.05) is 0 Å². The Morgan fingerprint density at radius 1 is 0.500 bits per heavy atom. The maximum atomic E-state index is 3.64. The number of hydrogen-bond acceptors (Lipinski definition) is 0. The number of rotatable bonds is 28. The van der Waals surface area contributed by atoms with Crippen molar-refractivity contribution in [2.24, 2.45) is 0 Å². The van der Waals surface area contributed by atoms with E-state index in [9.17, 15) is 0 Å². The Morgan fingerprint density at radius 2 is 0.875 bits per heavy atom. The average Bonchev–Trinajstić information content (AvgIpc) is 3.47. The third-order valence-corrected chi connectivity index (χ3v) is 8.95. The standard InChI is InChI=1S/C38H66N2/c1-3-5-7-9-11-12-13-14-15-16-17-18-19-20-22-24-27-31-36(30-26-23-21-10-8-6-4-2)38-39-34-35-40(38)37-32-28-25-29-33-37/h25,28-29,32-36H,3-24,26-27,30-31H2,1-2H3/p+1/t36-/m0/s1. The van der Waals surface area contributed by atoms with Crippen molar-refractivity contribution >= 4 is 0 Å².